The van der Waals surface area contributed by atoms with E-state index in [9.17, 15) is 10.2 Å². The highest BCUT2D eigenvalue weighted by atomic mass is 32.1. The molecule has 0 bridgehead atoms. The zero-order valence-corrected chi connectivity index (χ0v) is 8.26. The van der Waals surface area contributed by atoms with Gasteiger partial charge in [-0.05, 0) is 24.3 Å². The van der Waals surface area contributed by atoms with Crippen molar-refractivity contribution >= 4 is 11.3 Å². The van der Waals surface area contributed by atoms with Gasteiger partial charge < -0.3 is 10.2 Å². The molecule has 72 valence electrons. The van der Waals surface area contributed by atoms with Crippen LogP contribution in [0.2, 0.25) is 0 Å². The van der Waals surface area contributed by atoms with Crippen molar-refractivity contribution in [2.75, 3.05) is 0 Å². The van der Waals surface area contributed by atoms with Crippen molar-refractivity contribution in [2.45, 2.75) is 37.4 Å². The monoisotopic (exact) mass is 198 g/mol. The van der Waals surface area contributed by atoms with Gasteiger partial charge in [0.05, 0.1) is 6.10 Å². The summed E-state index contributed by atoms with van der Waals surface area (Å²) in [5.41, 5.74) is -0.966. The second-order valence-corrected chi connectivity index (χ2v) is 4.61. The highest BCUT2D eigenvalue weighted by molar-refractivity contribution is 7.10. The average molecular weight is 198 g/mol. The molecule has 1 fully saturated rings. The van der Waals surface area contributed by atoms with Crippen LogP contribution in [-0.4, -0.2) is 16.3 Å². The second kappa shape index (κ2) is 3.40. The lowest BCUT2D eigenvalue weighted by atomic mass is 9.81. The number of thiophene rings is 1. The van der Waals surface area contributed by atoms with E-state index in [1.54, 1.807) is 0 Å². The van der Waals surface area contributed by atoms with Gasteiger partial charge in [-0.2, -0.15) is 0 Å². The van der Waals surface area contributed by atoms with Crippen LogP contribution in [0.4, 0.5) is 0 Å². The molecule has 2 N–H and O–H groups in total. The maximum atomic E-state index is 10.3. The maximum absolute atomic E-state index is 10.3. The number of hydrogen-bond acceptors (Lipinski definition) is 3. The summed E-state index contributed by atoms with van der Waals surface area (Å²) in [6.07, 6.45) is 2.85. The summed E-state index contributed by atoms with van der Waals surface area (Å²) < 4.78 is 0. The summed E-state index contributed by atoms with van der Waals surface area (Å²) in [5, 5.41) is 22.0. The summed E-state index contributed by atoms with van der Waals surface area (Å²) in [6, 6.07) is 3.82. The third-order valence-electron chi connectivity index (χ3n) is 2.78. The van der Waals surface area contributed by atoms with Gasteiger partial charge in [-0.15, -0.1) is 11.3 Å². The van der Waals surface area contributed by atoms with Crippen molar-refractivity contribution in [2.24, 2.45) is 0 Å². The van der Waals surface area contributed by atoms with E-state index in [1.807, 2.05) is 17.5 Å². The van der Waals surface area contributed by atoms with Gasteiger partial charge in [0.15, 0.2) is 0 Å². The van der Waals surface area contributed by atoms with E-state index in [-0.39, 0.29) is 0 Å². The zero-order chi connectivity index (χ0) is 9.31. The Morgan fingerprint density at radius 3 is 2.92 bits per heavy atom. The predicted octanol–water partition coefficient (Wildman–Crippen LogP) is 1.87. The Kier molecular flexibility index (Phi) is 2.41. The summed E-state index contributed by atoms with van der Waals surface area (Å²) in [4.78, 5) is 0.903. The topological polar surface area (TPSA) is 40.5 Å². The molecule has 1 aliphatic carbocycles. The van der Waals surface area contributed by atoms with Crippen molar-refractivity contribution in [1.82, 2.24) is 0 Å². The molecule has 0 spiro atoms. The van der Waals surface area contributed by atoms with E-state index in [1.165, 1.54) is 11.3 Å². The van der Waals surface area contributed by atoms with Crippen LogP contribution in [0.15, 0.2) is 17.5 Å². The van der Waals surface area contributed by atoms with E-state index in [4.69, 9.17) is 0 Å². The normalized spacial score (nSPS) is 34.8. The zero-order valence-electron chi connectivity index (χ0n) is 7.44. The largest absolute Gasteiger partial charge is 0.390 e. The molecule has 0 unspecified atom stereocenters. The number of hydrogen-bond donors (Lipinski definition) is 2. The second-order valence-electron chi connectivity index (χ2n) is 3.66. The van der Waals surface area contributed by atoms with Gasteiger partial charge in [0.2, 0.25) is 0 Å². The van der Waals surface area contributed by atoms with Crippen LogP contribution in [0.25, 0.3) is 0 Å². The minimum atomic E-state index is -0.966. The maximum Gasteiger partial charge on any atom is 0.124 e. The van der Waals surface area contributed by atoms with Crippen molar-refractivity contribution < 1.29 is 10.2 Å². The third kappa shape index (κ3) is 1.52. The highest BCUT2D eigenvalue weighted by Gasteiger charge is 2.39. The fraction of sp³-hybridized carbons (Fsp3) is 0.600. The standard InChI is InChI=1S/C10H14O2S/c11-8-4-1-2-6-10(8,12)9-5-3-7-13-9/h3,5,7-8,11-12H,1-2,4,6H2/t8-,10+/m0/s1. The minimum Gasteiger partial charge on any atom is -0.390 e. The molecule has 2 atom stereocenters. The fourth-order valence-corrected chi connectivity index (χ4v) is 2.85. The van der Waals surface area contributed by atoms with Gasteiger partial charge in [0.25, 0.3) is 0 Å². The molecule has 1 aromatic rings. The summed E-state index contributed by atoms with van der Waals surface area (Å²) in [6.45, 7) is 0. The Balaban J connectivity index is 2.27. The molecule has 3 heteroatoms. The lowest BCUT2D eigenvalue weighted by Gasteiger charge is -2.36. The lowest BCUT2D eigenvalue weighted by Crippen LogP contribution is -2.41. The first-order valence-electron chi connectivity index (χ1n) is 4.68. The van der Waals surface area contributed by atoms with Crippen LogP contribution < -0.4 is 0 Å². The van der Waals surface area contributed by atoms with Crippen LogP contribution in [0.1, 0.15) is 30.6 Å². The fourth-order valence-electron chi connectivity index (χ4n) is 1.95. The number of rotatable bonds is 1. The molecule has 1 heterocycles. The van der Waals surface area contributed by atoms with Gasteiger partial charge in [-0.3, -0.25) is 0 Å². The first-order chi connectivity index (χ1) is 6.23. The Morgan fingerprint density at radius 1 is 1.46 bits per heavy atom. The molecule has 0 saturated heterocycles. The molecule has 1 aliphatic rings. The molecule has 1 aromatic heterocycles. The van der Waals surface area contributed by atoms with Gasteiger partial charge >= 0.3 is 0 Å². The van der Waals surface area contributed by atoms with Crippen molar-refractivity contribution in [1.29, 1.82) is 0 Å². The van der Waals surface area contributed by atoms with E-state index < -0.39 is 11.7 Å². The van der Waals surface area contributed by atoms with Gasteiger partial charge in [-0.1, -0.05) is 18.9 Å². The van der Waals surface area contributed by atoms with Crippen LogP contribution in [0.5, 0.6) is 0 Å². The van der Waals surface area contributed by atoms with Crippen LogP contribution >= 0.6 is 11.3 Å². The number of aliphatic hydroxyl groups is 2. The van der Waals surface area contributed by atoms with E-state index in [2.05, 4.69) is 0 Å². The highest BCUT2D eigenvalue weighted by Crippen LogP contribution is 2.39. The molecular formula is C10H14O2S. The third-order valence-corrected chi connectivity index (χ3v) is 3.82. The molecule has 0 aromatic carbocycles. The first kappa shape index (κ1) is 9.19. The molecule has 0 aliphatic heterocycles. The summed E-state index contributed by atoms with van der Waals surface area (Å²) >= 11 is 1.52. The Morgan fingerprint density at radius 2 is 2.31 bits per heavy atom. The molecule has 0 radical (unpaired) electrons. The quantitative estimate of drug-likeness (QED) is 0.723. The predicted molar refractivity (Wildman–Crippen MR) is 52.7 cm³/mol. The Hall–Kier alpha value is -0.380. The number of aliphatic hydroxyl groups excluding tert-OH is 1. The van der Waals surface area contributed by atoms with E-state index >= 15 is 0 Å². The molecule has 2 rings (SSSR count). The van der Waals surface area contributed by atoms with E-state index in [0.717, 1.165) is 17.7 Å². The Bertz CT molecular complexity index is 270. The van der Waals surface area contributed by atoms with Crippen molar-refractivity contribution in [3.05, 3.63) is 22.4 Å². The average Bonchev–Trinajstić information content (AvgIpc) is 2.63. The first-order valence-corrected chi connectivity index (χ1v) is 5.56. The van der Waals surface area contributed by atoms with Crippen molar-refractivity contribution in [3.8, 4) is 0 Å². The Labute approximate surface area is 81.8 Å². The van der Waals surface area contributed by atoms with Gasteiger partial charge in [0, 0.05) is 4.88 Å². The van der Waals surface area contributed by atoms with Crippen LogP contribution in [0, 0.1) is 0 Å². The van der Waals surface area contributed by atoms with Crippen LogP contribution in [0.3, 0.4) is 0 Å². The summed E-state index contributed by atoms with van der Waals surface area (Å²) in [5.74, 6) is 0. The molecule has 0 amide bonds. The SMILES string of the molecule is O[C@H]1CCCC[C@]1(O)c1cccs1. The summed E-state index contributed by atoms with van der Waals surface area (Å²) in [7, 11) is 0. The molecule has 13 heavy (non-hydrogen) atoms. The van der Waals surface area contributed by atoms with Gasteiger partial charge in [0.1, 0.15) is 5.60 Å². The molecule has 2 nitrogen and oxygen atoms in total. The van der Waals surface area contributed by atoms with E-state index in [0.29, 0.717) is 12.8 Å². The minimum absolute atomic E-state index is 0.583. The smallest absolute Gasteiger partial charge is 0.124 e. The lowest BCUT2D eigenvalue weighted by molar-refractivity contribution is -0.103. The molecular weight excluding hydrogens is 184 g/mol. The van der Waals surface area contributed by atoms with Crippen LogP contribution in [-0.2, 0) is 5.60 Å². The van der Waals surface area contributed by atoms with Gasteiger partial charge in [-0.25, -0.2) is 0 Å². The molecule has 1 saturated carbocycles. The van der Waals surface area contributed by atoms with Crippen molar-refractivity contribution in [3.63, 3.8) is 0 Å².